The summed E-state index contributed by atoms with van der Waals surface area (Å²) in [6, 6.07) is 0. The summed E-state index contributed by atoms with van der Waals surface area (Å²) in [6.07, 6.45) is 5.51. The van der Waals surface area contributed by atoms with Crippen LogP contribution in [0.4, 0.5) is 0 Å². The first kappa shape index (κ1) is 8.57. The number of aliphatic carboxylic acids is 1. The van der Waals surface area contributed by atoms with E-state index in [4.69, 9.17) is 5.11 Å². The first-order chi connectivity index (χ1) is 5.24. The van der Waals surface area contributed by atoms with Crippen molar-refractivity contribution >= 4 is 5.97 Å². The van der Waals surface area contributed by atoms with E-state index in [0.29, 0.717) is 0 Å². The molecule has 2 nitrogen and oxygen atoms in total. The van der Waals surface area contributed by atoms with Gasteiger partial charge in [0.25, 0.3) is 0 Å². The van der Waals surface area contributed by atoms with Gasteiger partial charge in [-0.2, -0.15) is 0 Å². The molecule has 0 spiro atoms. The highest BCUT2D eigenvalue weighted by molar-refractivity contribution is 5.69. The molecule has 0 radical (unpaired) electrons. The van der Waals surface area contributed by atoms with Crippen molar-refractivity contribution < 1.29 is 9.90 Å². The lowest BCUT2D eigenvalue weighted by molar-refractivity contribution is -0.142. The van der Waals surface area contributed by atoms with Crippen LogP contribution in [-0.4, -0.2) is 11.1 Å². The summed E-state index contributed by atoms with van der Waals surface area (Å²) in [5.74, 6) is 0.0238. The predicted molar refractivity (Wildman–Crippen MR) is 43.4 cm³/mol. The lowest BCUT2D eigenvalue weighted by Crippen LogP contribution is -2.21. The molecule has 2 heteroatoms. The SMILES string of the molecule is CCC(CC1CCC1)C(=O)O. The van der Waals surface area contributed by atoms with Crippen molar-refractivity contribution in [2.45, 2.75) is 39.0 Å². The molecule has 0 amide bonds. The van der Waals surface area contributed by atoms with Crippen molar-refractivity contribution in [1.29, 1.82) is 0 Å². The van der Waals surface area contributed by atoms with Gasteiger partial charge in [-0.25, -0.2) is 0 Å². The molecule has 1 N–H and O–H groups in total. The minimum absolute atomic E-state index is 0.0831. The van der Waals surface area contributed by atoms with E-state index in [1.54, 1.807) is 0 Å². The van der Waals surface area contributed by atoms with Gasteiger partial charge in [0.1, 0.15) is 0 Å². The fourth-order valence-electron chi connectivity index (χ4n) is 1.57. The van der Waals surface area contributed by atoms with Crippen LogP contribution in [0.15, 0.2) is 0 Å². The normalized spacial score (nSPS) is 20.8. The van der Waals surface area contributed by atoms with E-state index in [1.807, 2.05) is 6.92 Å². The molecule has 0 aromatic heterocycles. The lowest BCUT2D eigenvalue weighted by Gasteiger charge is -2.27. The zero-order valence-electron chi connectivity index (χ0n) is 7.05. The quantitative estimate of drug-likeness (QED) is 0.678. The molecule has 0 bridgehead atoms. The molecule has 1 unspecified atom stereocenters. The van der Waals surface area contributed by atoms with Gasteiger partial charge in [-0.1, -0.05) is 26.2 Å². The van der Waals surface area contributed by atoms with E-state index in [2.05, 4.69) is 0 Å². The Labute approximate surface area is 67.6 Å². The van der Waals surface area contributed by atoms with Crippen molar-refractivity contribution in [3.8, 4) is 0 Å². The summed E-state index contributed by atoms with van der Waals surface area (Å²) in [6.45, 7) is 1.96. The van der Waals surface area contributed by atoms with Gasteiger partial charge in [0.15, 0.2) is 0 Å². The summed E-state index contributed by atoms with van der Waals surface area (Å²) < 4.78 is 0. The summed E-state index contributed by atoms with van der Waals surface area (Å²) in [4.78, 5) is 10.6. The van der Waals surface area contributed by atoms with E-state index < -0.39 is 5.97 Å². The number of carboxylic acid groups (broad SMARTS) is 1. The van der Waals surface area contributed by atoms with Crippen LogP contribution in [0, 0.1) is 11.8 Å². The molecule has 1 aliphatic carbocycles. The summed E-state index contributed by atoms with van der Waals surface area (Å²) in [5, 5.41) is 8.74. The zero-order chi connectivity index (χ0) is 8.27. The van der Waals surface area contributed by atoms with Crippen molar-refractivity contribution in [1.82, 2.24) is 0 Å². The second-order valence-electron chi connectivity index (χ2n) is 3.48. The molecule has 0 aliphatic heterocycles. The van der Waals surface area contributed by atoms with E-state index in [-0.39, 0.29) is 5.92 Å². The molecular formula is C9H16O2. The van der Waals surface area contributed by atoms with E-state index >= 15 is 0 Å². The standard InChI is InChI=1S/C9H16O2/c1-2-8(9(10)11)6-7-4-3-5-7/h7-8H,2-6H2,1H3,(H,10,11). The Morgan fingerprint density at radius 2 is 2.27 bits per heavy atom. The van der Waals surface area contributed by atoms with E-state index in [1.165, 1.54) is 19.3 Å². The highest BCUT2D eigenvalue weighted by Gasteiger charge is 2.24. The Bertz CT molecular complexity index is 138. The molecule has 0 aromatic carbocycles. The molecule has 1 aliphatic rings. The summed E-state index contributed by atoms with van der Waals surface area (Å²) >= 11 is 0. The van der Waals surface area contributed by atoms with Crippen molar-refractivity contribution in [2.24, 2.45) is 11.8 Å². The minimum atomic E-state index is -0.612. The maximum atomic E-state index is 10.6. The van der Waals surface area contributed by atoms with Gasteiger partial charge < -0.3 is 5.11 Å². The number of carboxylic acids is 1. The number of rotatable bonds is 4. The highest BCUT2D eigenvalue weighted by atomic mass is 16.4. The van der Waals surface area contributed by atoms with Gasteiger partial charge in [0, 0.05) is 0 Å². The Balaban J connectivity index is 2.24. The monoisotopic (exact) mass is 156 g/mol. The van der Waals surface area contributed by atoms with Gasteiger partial charge in [-0.15, -0.1) is 0 Å². The molecule has 1 rings (SSSR count). The molecule has 1 saturated carbocycles. The fourth-order valence-corrected chi connectivity index (χ4v) is 1.57. The van der Waals surface area contributed by atoms with E-state index in [9.17, 15) is 4.79 Å². The Morgan fingerprint density at radius 1 is 1.64 bits per heavy atom. The molecule has 1 fully saturated rings. The van der Waals surface area contributed by atoms with Crippen LogP contribution in [0.25, 0.3) is 0 Å². The topological polar surface area (TPSA) is 37.3 Å². The molecular weight excluding hydrogens is 140 g/mol. The molecule has 11 heavy (non-hydrogen) atoms. The predicted octanol–water partition coefficient (Wildman–Crippen LogP) is 2.29. The van der Waals surface area contributed by atoms with Crippen LogP contribution in [0.1, 0.15) is 39.0 Å². The molecule has 0 aromatic rings. The van der Waals surface area contributed by atoms with Crippen molar-refractivity contribution in [3.05, 3.63) is 0 Å². The largest absolute Gasteiger partial charge is 0.481 e. The van der Waals surface area contributed by atoms with Crippen LogP contribution in [0.5, 0.6) is 0 Å². The maximum Gasteiger partial charge on any atom is 0.306 e. The van der Waals surface area contributed by atoms with E-state index in [0.717, 1.165) is 18.8 Å². The molecule has 1 atom stereocenters. The van der Waals surface area contributed by atoms with Gasteiger partial charge in [0.2, 0.25) is 0 Å². The first-order valence-electron chi connectivity index (χ1n) is 4.46. The minimum Gasteiger partial charge on any atom is -0.481 e. The summed E-state index contributed by atoms with van der Waals surface area (Å²) in [5.41, 5.74) is 0. The molecule has 64 valence electrons. The molecule has 0 heterocycles. The van der Waals surface area contributed by atoms with Crippen LogP contribution in [0.2, 0.25) is 0 Å². The van der Waals surface area contributed by atoms with Gasteiger partial charge in [-0.3, -0.25) is 4.79 Å². The first-order valence-corrected chi connectivity index (χ1v) is 4.46. The smallest absolute Gasteiger partial charge is 0.306 e. The Morgan fingerprint density at radius 3 is 2.55 bits per heavy atom. The average molecular weight is 156 g/mol. The number of hydrogen-bond donors (Lipinski definition) is 1. The number of carbonyl (C=O) groups is 1. The third-order valence-electron chi connectivity index (χ3n) is 2.68. The average Bonchev–Trinajstić information content (AvgIpc) is 1.85. The van der Waals surface area contributed by atoms with Crippen LogP contribution < -0.4 is 0 Å². The van der Waals surface area contributed by atoms with Crippen LogP contribution >= 0.6 is 0 Å². The lowest BCUT2D eigenvalue weighted by atomic mass is 9.78. The van der Waals surface area contributed by atoms with Crippen LogP contribution in [0.3, 0.4) is 0 Å². The van der Waals surface area contributed by atoms with Crippen LogP contribution in [-0.2, 0) is 4.79 Å². The van der Waals surface area contributed by atoms with Crippen molar-refractivity contribution in [3.63, 3.8) is 0 Å². The van der Waals surface area contributed by atoms with Gasteiger partial charge in [-0.05, 0) is 18.8 Å². The Kier molecular flexibility index (Phi) is 2.92. The zero-order valence-corrected chi connectivity index (χ0v) is 7.05. The van der Waals surface area contributed by atoms with Gasteiger partial charge in [0.05, 0.1) is 5.92 Å². The van der Waals surface area contributed by atoms with Crippen molar-refractivity contribution in [2.75, 3.05) is 0 Å². The second-order valence-corrected chi connectivity index (χ2v) is 3.48. The molecule has 0 saturated heterocycles. The van der Waals surface area contributed by atoms with Gasteiger partial charge >= 0.3 is 5.97 Å². The number of hydrogen-bond acceptors (Lipinski definition) is 1. The highest BCUT2D eigenvalue weighted by Crippen LogP contribution is 2.33. The maximum absolute atomic E-state index is 10.6. The summed E-state index contributed by atoms with van der Waals surface area (Å²) in [7, 11) is 0. The third kappa shape index (κ3) is 2.21. The Hall–Kier alpha value is -0.530. The fraction of sp³-hybridized carbons (Fsp3) is 0.889. The second kappa shape index (κ2) is 3.74. The third-order valence-corrected chi connectivity index (χ3v) is 2.68.